The van der Waals surface area contributed by atoms with Crippen LogP contribution in [-0.2, 0) is 11.3 Å². The molecule has 0 saturated carbocycles. The van der Waals surface area contributed by atoms with E-state index in [9.17, 15) is 4.79 Å². The number of hydrogen-bond donors (Lipinski definition) is 3. The zero-order valence-corrected chi connectivity index (χ0v) is 12.1. The lowest BCUT2D eigenvalue weighted by atomic mass is 10.1. The molecule has 0 radical (unpaired) electrons. The van der Waals surface area contributed by atoms with Gasteiger partial charge in [-0.15, -0.1) is 0 Å². The number of nitrogens with zero attached hydrogens (tertiary/aromatic N) is 1. The second-order valence-electron chi connectivity index (χ2n) is 4.49. The molecule has 1 aromatic carbocycles. The lowest BCUT2D eigenvalue weighted by Crippen LogP contribution is -2.43. The molecule has 1 rings (SSSR count). The van der Waals surface area contributed by atoms with Crippen LogP contribution < -0.4 is 16.4 Å². The fourth-order valence-electron chi connectivity index (χ4n) is 1.69. The normalized spacial score (nSPS) is 12.8. The minimum atomic E-state index is -0.421. The summed E-state index contributed by atoms with van der Waals surface area (Å²) in [5.74, 6) is 0.281. The van der Waals surface area contributed by atoms with E-state index in [1.54, 1.807) is 26.3 Å². The molecule has 1 amide bonds. The van der Waals surface area contributed by atoms with Gasteiger partial charge in [0.15, 0.2) is 5.96 Å². The fraction of sp³-hybridized carbons (Fsp3) is 0.429. The minimum Gasteiger partial charge on any atom is -0.383 e. The van der Waals surface area contributed by atoms with E-state index in [2.05, 4.69) is 15.6 Å². The van der Waals surface area contributed by atoms with Crippen LogP contribution in [0.4, 0.5) is 0 Å². The van der Waals surface area contributed by atoms with E-state index in [1.165, 1.54) is 0 Å². The van der Waals surface area contributed by atoms with Gasteiger partial charge in [0.05, 0.1) is 6.61 Å². The summed E-state index contributed by atoms with van der Waals surface area (Å²) in [5.41, 5.74) is 6.74. The lowest BCUT2D eigenvalue weighted by molar-refractivity contribution is 0.100. The molecule has 110 valence electrons. The van der Waals surface area contributed by atoms with Gasteiger partial charge in [-0.05, 0) is 24.6 Å². The van der Waals surface area contributed by atoms with Crippen LogP contribution in [0.1, 0.15) is 22.8 Å². The number of aliphatic imine (C=N–C) groups is 1. The topological polar surface area (TPSA) is 88.7 Å². The average Bonchev–Trinajstić information content (AvgIpc) is 2.44. The number of guanidine groups is 1. The van der Waals surface area contributed by atoms with Gasteiger partial charge in [-0.2, -0.15) is 0 Å². The van der Waals surface area contributed by atoms with Crippen molar-refractivity contribution in [2.45, 2.75) is 19.5 Å². The highest BCUT2D eigenvalue weighted by molar-refractivity contribution is 5.92. The highest BCUT2D eigenvalue weighted by atomic mass is 16.5. The maximum atomic E-state index is 11.0. The first kappa shape index (κ1) is 16.0. The summed E-state index contributed by atoms with van der Waals surface area (Å²) in [7, 11) is 3.37. The van der Waals surface area contributed by atoms with E-state index < -0.39 is 5.91 Å². The van der Waals surface area contributed by atoms with Gasteiger partial charge in [0, 0.05) is 32.3 Å². The maximum absolute atomic E-state index is 11.0. The predicted octanol–water partition coefficient (Wildman–Crippen LogP) is 0.485. The van der Waals surface area contributed by atoms with Crippen LogP contribution in [0.15, 0.2) is 29.3 Å². The minimum absolute atomic E-state index is 0.170. The van der Waals surface area contributed by atoms with Crippen molar-refractivity contribution in [2.24, 2.45) is 10.7 Å². The number of benzene rings is 1. The van der Waals surface area contributed by atoms with Crippen molar-refractivity contribution in [3.05, 3.63) is 35.4 Å². The number of ether oxygens (including phenoxy) is 1. The van der Waals surface area contributed by atoms with E-state index in [4.69, 9.17) is 10.5 Å². The molecular weight excluding hydrogens is 256 g/mol. The van der Waals surface area contributed by atoms with Crippen molar-refractivity contribution >= 4 is 11.9 Å². The van der Waals surface area contributed by atoms with Crippen molar-refractivity contribution in [3.8, 4) is 0 Å². The molecule has 1 atom stereocenters. The van der Waals surface area contributed by atoms with Gasteiger partial charge >= 0.3 is 0 Å². The molecule has 0 aliphatic heterocycles. The van der Waals surface area contributed by atoms with Crippen molar-refractivity contribution in [3.63, 3.8) is 0 Å². The molecule has 0 aliphatic rings. The largest absolute Gasteiger partial charge is 0.383 e. The number of methoxy groups -OCH3 is 1. The number of carbonyl (C=O) groups is 1. The maximum Gasteiger partial charge on any atom is 0.248 e. The number of nitrogens with two attached hydrogens (primary N) is 1. The first-order valence-electron chi connectivity index (χ1n) is 6.41. The third-order valence-electron chi connectivity index (χ3n) is 2.72. The SMILES string of the molecule is CN=C(NCc1ccc(C(N)=O)cc1)NC(C)COC. The second-order valence-corrected chi connectivity index (χ2v) is 4.49. The molecule has 0 aliphatic carbocycles. The van der Waals surface area contributed by atoms with Crippen molar-refractivity contribution in [2.75, 3.05) is 20.8 Å². The summed E-state index contributed by atoms with van der Waals surface area (Å²) in [6, 6.07) is 7.31. The molecule has 6 heteroatoms. The van der Waals surface area contributed by atoms with Gasteiger partial charge in [-0.25, -0.2) is 0 Å². The van der Waals surface area contributed by atoms with Gasteiger partial charge in [-0.1, -0.05) is 12.1 Å². The van der Waals surface area contributed by atoms with Crippen molar-refractivity contribution in [1.82, 2.24) is 10.6 Å². The molecular formula is C14H22N4O2. The molecule has 4 N–H and O–H groups in total. The molecule has 0 bridgehead atoms. The van der Waals surface area contributed by atoms with Crippen LogP contribution in [0, 0.1) is 0 Å². The summed E-state index contributed by atoms with van der Waals surface area (Å²) in [5, 5.41) is 6.40. The first-order valence-corrected chi connectivity index (χ1v) is 6.41. The molecule has 0 spiro atoms. The van der Waals surface area contributed by atoms with Gasteiger partial charge < -0.3 is 21.1 Å². The molecule has 0 aromatic heterocycles. The van der Waals surface area contributed by atoms with Crippen molar-refractivity contribution < 1.29 is 9.53 Å². The monoisotopic (exact) mass is 278 g/mol. The molecule has 6 nitrogen and oxygen atoms in total. The number of hydrogen-bond acceptors (Lipinski definition) is 3. The van der Waals surface area contributed by atoms with Gasteiger partial charge in [0.25, 0.3) is 0 Å². The van der Waals surface area contributed by atoms with Crippen LogP contribution in [0.2, 0.25) is 0 Å². The number of nitrogens with one attached hydrogen (secondary N) is 2. The lowest BCUT2D eigenvalue weighted by Gasteiger charge is -2.17. The van der Waals surface area contributed by atoms with E-state index in [-0.39, 0.29) is 6.04 Å². The Labute approximate surface area is 119 Å². The quantitative estimate of drug-likeness (QED) is 0.522. The average molecular weight is 278 g/mol. The highest BCUT2D eigenvalue weighted by Gasteiger charge is 2.05. The zero-order valence-electron chi connectivity index (χ0n) is 12.1. The summed E-state index contributed by atoms with van der Waals surface area (Å²) >= 11 is 0. The third kappa shape index (κ3) is 5.27. The van der Waals surface area contributed by atoms with Crippen LogP contribution >= 0.6 is 0 Å². The fourth-order valence-corrected chi connectivity index (χ4v) is 1.69. The zero-order chi connectivity index (χ0) is 15.0. The summed E-state index contributed by atoms with van der Waals surface area (Å²) in [6.45, 7) is 3.23. The Kier molecular flexibility index (Phi) is 6.52. The second kappa shape index (κ2) is 8.16. The molecule has 0 saturated heterocycles. The molecule has 20 heavy (non-hydrogen) atoms. The Morgan fingerprint density at radius 1 is 1.40 bits per heavy atom. The van der Waals surface area contributed by atoms with E-state index in [0.29, 0.717) is 24.7 Å². The van der Waals surface area contributed by atoms with Crippen LogP contribution in [0.5, 0.6) is 0 Å². The van der Waals surface area contributed by atoms with Gasteiger partial charge in [0.1, 0.15) is 0 Å². The molecule has 1 unspecified atom stereocenters. The molecule has 0 heterocycles. The number of rotatable bonds is 6. The first-order chi connectivity index (χ1) is 9.56. The molecule has 0 fully saturated rings. The van der Waals surface area contributed by atoms with Crippen LogP contribution in [0.3, 0.4) is 0 Å². The number of amides is 1. The predicted molar refractivity (Wildman–Crippen MR) is 79.6 cm³/mol. The summed E-state index contributed by atoms with van der Waals surface area (Å²) in [4.78, 5) is 15.1. The Bertz CT molecular complexity index is 457. The Balaban J connectivity index is 2.50. The number of carbonyl (C=O) groups excluding carboxylic acids is 1. The van der Waals surface area contributed by atoms with Crippen LogP contribution in [-0.4, -0.2) is 38.7 Å². The summed E-state index contributed by atoms with van der Waals surface area (Å²) in [6.07, 6.45) is 0. The number of primary amides is 1. The summed E-state index contributed by atoms with van der Waals surface area (Å²) < 4.78 is 5.06. The van der Waals surface area contributed by atoms with E-state index in [1.807, 2.05) is 19.1 Å². The van der Waals surface area contributed by atoms with E-state index >= 15 is 0 Å². The smallest absolute Gasteiger partial charge is 0.248 e. The van der Waals surface area contributed by atoms with Crippen molar-refractivity contribution in [1.29, 1.82) is 0 Å². The third-order valence-corrected chi connectivity index (χ3v) is 2.72. The van der Waals surface area contributed by atoms with E-state index in [0.717, 1.165) is 5.56 Å². The Hall–Kier alpha value is -2.08. The Morgan fingerprint density at radius 2 is 2.05 bits per heavy atom. The van der Waals surface area contributed by atoms with Gasteiger partial charge in [0.2, 0.25) is 5.91 Å². The van der Waals surface area contributed by atoms with Gasteiger partial charge in [-0.3, -0.25) is 9.79 Å². The van der Waals surface area contributed by atoms with Crippen LogP contribution in [0.25, 0.3) is 0 Å². The Morgan fingerprint density at radius 3 is 2.55 bits per heavy atom. The highest BCUT2D eigenvalue weighted by Crippen LogP contribution is 2.03. The standard InChI is InChI=1S/C14H22N4O2/c1-10(9-20-3)18-14(16-2)17-8-11-4-6-12(7-5-11)13(15)19/h4-7,10H,8-9H2,1-3H3,(H2,15,19)(H2,16,17,18). The molecule has 1 aromatic rings.